The number of aromatic amines is 1. The minimum Gasteiger partial charge on any atom is -0.338 e. The van der Waals surface area contributed by atoms with Gasteiger partial charge in [0.2, 0.25) is 5.91 Å². The van der Waals surface area contributed by atoms with Gasteiger partial charge in [0.25, 0.3) is 5.56 Å². The minimum absolute atomic E-state index is 0.0374. The van der Waals surface area contributed by atoms with Gasteiger partial charge in [-0.15, -0.1) is 0 Å². The standard InChI is InChI=1S/C15H16N2O2/c1-2-14(18)17-8-7-13-12(9-17)10-5-3-4-6-11(10)15(19)16-13/h3-6H,2,7-9H2,1H3,(H,16,19). The van der Waals surface area contributed by atoms with E-state index in [4.69, 9.17) is 0 Å². The molecule has 0 spiro atoms. The lowest BCUT2D eigenvalue weighted by atomic mass is 9.99. The van der Waals surface area contributed by atoms with Crippen LogP contribution in [0.1, 0.15) is 24.6 Å². The van der Waals surface area contributed by atoms with Gasteiger partial charge in [0.05, 0.1) is 0 Å². The first-order chi connectivity index (χ1) is 9.20. The van der Waals surface area contributed by atoms with Gasteiger partial charge in [-0.1, -0.05) is 25.1 Å². The van der Waals surface area contributed by atoms with Crippen molar-refractivity contribution in [3.8, 4) is 0 Å². The lowest BCUT2D eigenvalue weighted by Gasteiger charge is -2.29. The number of carbonyl (C=O) groups is 1. The number of pyridine rings is 1. The molecule has 2 heterocycles. The second-order valence-corrected chi connectivity index (χ2v) is 4.88. The Balaban J connectivity index is 2.15. The second-order valence-electron chi connectivity index (χ2n) is 4.88. The topological polar surface area (TPSA) is 53.2 Å². The smallest absolute Gasteiger partial charge is 0.256 e. The van der Waals surface area contributed by atoms with E-state index in [0.29, 0.717) is 24.9 Å². The van der Waals surface area contributed by atoms with Crippen molar-refractivity contribution in [2.45, 2.75) is 26.3 Å². The zero-order chi connectivity index (χ0) is 13.4. The Kier molecular flexibility index (Phi) is 2.85. The zero-order valence-electron chi connectivity index (χ0n) is 10.9. The number of aromatic nitrogens is 1. The number of nitrogens with one attached hydrogen (secondary N) is 1. The maximum atomic E-state index is 12.0. The van der Waals surface area contributed by atoms with E-state index in [9.17, 15) is 9.59 Å². The predicted octanol–water partition coefficient (Wildman–Crippen LogP) is 1.82. The molecule has 0 bridgehead atoms. The molecular formula is C15H16N2O2. The molecular weight excluding hydrogens is 240 g/mol. The maximum absolute atomic E-state index is 12.0. The van der Waals surface area contributed by atoms with Crippen LogP contribution in [-0.2, 0) is 17.8 Å². The highest BCUT2D eigenvalue weighted by Crippen LogP contribution is 2.24. The second kappa shape index (κ2) is 4.53. The van der Waals surface area contributed by atoms with E-state index in [1.54, 1.807) is 0 Å². The van der Waals surface area contributed by atoms with Gasteiger partial charge in [0.1, 0.15) is 0 Å². The molecule has 19 heavy (non-hydrogen) atoms. The fraction of sp³-hybridized carbons (Fsp3) is 0.333. The van der Waals surface area contributed by atoms with Gasteiger partial charge in [-0.25, -0.2) is 0 Å². The molecule has 1 aromatic heterocycles. The fourth-order valence-electron chi connectivity index (χ4n) is 2.73. The SMILES string of the molecule is CCC(=O)N1CCc2[nH]c(=O)c3ccccc3c2C1. The molecule has 0 atom stereocenters. The Hall–Kier alpha value is -2.10. The molecule has 1 aliphatic heterocycles. The first kappa shape index (κ1) is 12.0. The van der Waals surface area contributed by atoms with Crippen LogP contribution in [0, 0.1) is 0 Å². The highest BCUT2D eigenvalue weighted by Gasteiger charge is 2.22. The van der Waals surface area contributed by atoms with Gasteiger partial charge in [-0.05, 0) is 17.0 Å². The summed E-state index contributed by atoms with van der Waals surface area (Å²) in [6.45, 7) is 3.16. The van der Waals surface area contributed by atoms with Crippen LogP contribution in [0.4, 0.5) is 0 Å². The van der Waals surface area contributed by atoms with Crippen molar-refractivity contribution in [1.29, 1.82) is 0 Å². The summed E-state index contributed by atoms with van der Waals surface area (Å²) in [6.07, 6.45) is 1.25. The first-order valence-electron chi connectivity index (χ1n) is 6.61. The Labute approximate surface area is 111 Å². The Bertz CT molecular complexity index is 703. The van der Waals surface area contributed by atoms with E-state index >= 15 is 0 Å². The molecule has 1 aromatic carbocycles. The number of H-pyrrole nitrogens is 1. The van der Waals surface area contributed by atoms with Gasteiger partial charge >= 0.3 is 0 Å². The molecule has 4 nitrogen and oxygen atoms in total. The Morgan fingerprint density at radius 1 is 1.32 bits per heavy atom. The molecule has 0 unspecified atom stereocenters. The van der Waals surface area contributed by atoms with Crippen LogP contribution in [0.2, 0.25) is 0 Å². The predicted molar refractivity (Wildman–Crippen MR) is 74.0 cm³/mol. The third-order valence-electron chi connectivity index (χ3n) is 3.76. The van der Waals surface area contributed by atoms with Crippen LogP contribution in [0.25, 0.3) is 10.8 Å². The van der Waals surface area contributed by atoms with Crippen molar-refractivity contribution in [3.63, 3.8) is 0 Å². The van der Waals surface area contributed by atoms with Crippen molar-refractivity contribution in [2.75, 3.05) is 6.54 Å². The Morgan fingerprint density at radius 3 is 2.79 bits per heavy atom. The summed E-state index contributed by atoms with van der Waals surface area (Å²) < 4.78 is 0. The van der Waals surface area contributed by atoms with Gasteiger partial charge in [0, 0.05) is 37.0 Å². The van der Waals surface area contributed by atoms with E-state index in [1.165, 1.54) is 0 Å². The van der Waals surface area contributed by atoms with Crippen LogP contribution >= 0.6 is 0 Å². The summed E-state index contributed by atoms with van der Waals surface area (Å²) >= 11 is 0. The van der Waals surface area contributed by atoms with E-state index in [2.05, 4.69) is 4.98 Å². The van der Waals surface area contributed by atoms with E-state index in [0.717, 1.165) is 23.1 Å². The van der Waals surface area contributed by atoms with Crippen molar-refractivity contribution >= 4 is 16.7 Å². The summed E-state index contributed by atoms with van der Waals surface area (Å²) in [6, 6.07) is 7.59. The summed E-state index contributed by atoms with van der Waals surface area (Å²) in [5, 5.41) is 1.67. The molecule has 0 saturated carbocycles. The summed E-state index contributed by atoms with van der Waals surface area (Å²) in [7, 11) is 0. The minimum atomic E-state index is -0.0374. The van der Waals surface area contributed by atoms with Crippen molar-refractivity contribution in [3.05, 3.63) is 45.9 Å². The molecule has 2 aromatic rings. The van der Waals surface area contributed by atoms with Crippen LogP contribution in [0.5, 0.6) is 0 Å². The number of rotatable bonds is 1. The van der Waals surface area contributed by atoms with Crippen molar-refractivity contribution in [1.82, 2.24) is 9.88 Å². The van der Waals surface area contributed by atoms with Gasteiger partial charge < -0.3 is 9.88 Å². The molecule has 98 valence electrons. The van der Waals surface area contributed by atoms with Gasteiger partial charge in [-0.3, -0.25) is 9.59 Å². The first-order valence-corrected chi connectivity index (χ1v) is 6.61. The number of benzene rings is 1. The molecule has 3 rings (SSSR count). The fourth-order valence-corrected chi connectivity index (χ4v) is 2.73. The summed E-state index contributed by atoms with van der Waals surface area (Å²) in [5.41, 5.74) is 2.02. The number of hydrogen-bond acceptors (Lipinski definition) is 2. The number of carbonyl (C=O) groups excluding carboxylic acids is 1. The monoisotopic (exact) mass is 256 g/mol. The number of amides is 1. The average Bonchev–Trinajstić information content (AvgIpc) is 2.46. The Morgan fingerprint density at radius 2 is 2.05 bits per heavy atom. The molecule has 1 N–H and O–H groups in total. The highest BCUT2D eigenvalue weighted by molar-refractivity contribution is 5.86. The molecule has 0 saturated heterocycles. The maximum Gasteiger partial charge on any atom is 0.256 e. The van der Waals surface area contributed by atoms with Crippen LogP contribution in [0.3, 0.4) is 0 Å². The van der Waals surface area contributed by atoms with Crippen molar-refractivity contribution < 1.29 is 4.79 Å². The third-order valence-corrected chi connectivity index (χ3v) is 3.76. The third kappa shape index (κ3) is 1.93. The van der Waals surface area contributed by atoms with E-state index < -0.39 is 0 Å². The van der Waals surface area contributed by atoms with Crippen LogP contribution < -0.4 is 5.56 Å². The number of nitrogens with zero attached hydrogens (tertiary/aromatic N) is 1. The molecule has 1 amide bonds. The highest BCUT2D eigenvalue weighted by atomic mass is 16.2. The molecule has 0 radical (unpaired) electrons. The van der Waals surface area contributed by atoms with Crippen LogP contribution in [0.15, 0.2) is 29.1 Å². The molecule has 0 fully saturated rings. The van der Waals surface area contributed by atoms with Gasteiger partial charge in [0.15, 0.2) is 0 Å². The van der Waals surface area contributed by atoms with Gasteiger partial charge in [-0.2, -0.15) is 0 Å². The lowest BCUT2D eigenvalue weighted by molar-refractivity contribution is -0.131. The largest absolute Gasteiger partial charge is 0.338 e. The molecule has 4 heteroatoms. The summed E-state index contributed by atoms with van der Waals surface area (Å²) in [4.78, 5) is 28.6. The van der Waals surface area contributed by atoms with Crippen LogP contribution in [-0.4, -0.2) is 22.3 Å². The van der Waals surface area contributed by atoms with E-state index in [1.807, 2.05) is 36.1 Å². The molecule has 1 aliphatic rings. The average molecular weight is 256 g/mol. The molecule has 0 aliphatic carbocycles. The van der Waals surface area contributed by atoms with Crippen molar-refractivity contribution in [2.24, 2.45) is 0 Å². The van der Waals surface area contributed by atoms with E-state index in [-0.39, 0.29) is 11.5 Å². The lowest BCUT2D eigenvalue weighted by Crippen LogP contribution is -2.36. The number of fused-ring (bicyclic) bond motifs is 3. The normalized spacial score (nSPS) is 14.5. The summed E-state index contributed by atoms with van der Waals surface area (Å²) in [5.74, 6) is 0.168. The zero-order valence-corrected chi connectivity index (χ0v) is 10.9. The number of hydrogen-bond donors (Lipinski definition) is 1. The quantitative estimate of drug-likeness (QED) is 0.846.